The quantitative estimate of drug-likeness (QED) is 0.441. The first kappa shape index (κ1) is 22.8. The second kappa shape index (κ2) is 10.5. The summed E-state index contributed by atoms with van der Waals surface area (Å²) in [6.45, 7) is 4.14. The number of benzene rings is 2. The largest absolute Gasteiger partial charge is 0.472 e. The van der Waals surface area contributed by atoms with Crippen molar-refractivity contribution < 1.29 is 9.53 Å². The minimum Gasteiger partial charge on any atom is -0.472 e. The zero-order valence-corrected chi connectivity index (χ0v) is 20.7. The number of hydrogen-bond acceptors (Lipinski definition) is 7. The van der Waals surface area contributed by atoms with Gasteiger partial charge in [-0.25, -0.2) is 4.98 Å². The summed E-state index contributed by atoms with van der Waals surface area (Å²) in [7, 11) is 2.12. The molecule has 3 aromatic rings. The van der Waals surface area contributed by atoms with E-state index in [9.17, 15) is 4.79 Å². The minimum atomic E-state index is -0.442. The Balaban J connectivity index is 1.56. The van der Waals surface area contributed by atoms with Crippen molar-refractivity contribution in [3.63, 3.8) is 0 Å². The van der Waals surface area contributed by atoms with E-state index in [1.807, 2.05) is 18.3 Å². The van der Waals surface area contributed by atoms with Crippen LogP contribution in [0, 0.1) is 3.57 Å². The van der Waals surface area contributed by atoms with Crippen LogP contribution in [0.1, 0.15) is 15.9 Å². The Hall–Kier alpha value is -2.37. The second-order valence-corrected chi connectivity index (χ2v) is 9.90. The van der Waals surface area contributed by atoms with Gasteiger partial charge in [0.2, 0.25) is 17.7 Å². The predicted octanol–water partition coefficient (Wildman–Crippen LogP) is 3.66. The van der Waals surface area contributed by atoms with E-state index in [1.165, 1.54) is 15.3 Å². The van der Waals surface area contributed by atoms with Crippen molar-refractivity contribution in [3.05, 3.63) is 69.4 Å². The lowest BCUT2D eigenvalue weighted by Crippen LogP contribution is -2.45. The number of likely N-dealkylation sites (N-methyl/N-ethyl adjacent to an activating group) is 1. The average molecular weight is 561 g/mol. The van der Waals surface area contributed by atoms with Crippen molar-refractivity contribution in [1.82, 2.24) is 14.9 Å². The van der Waals surface area contributed by atoms with Crippen molar-refractivity contribution in [2.45, 2.75) is 16.4 Å². The summed E-state index contributed by atoms with van der Waals surface area (Å²) in [5.74, 6) is 0.795. The number of hydrogen-bond donors (Lipinski definition) is 1. The Kier molecular flexibility index (Phi) is 7.48. The molecule has 7 nitrogen and oxygen atoms in total. The van der Waals surface area contributed by atoms with Crippen molar-refractivity contribution >= 4 is 46.2 Å². The van der Waals surface area contributed by atoms with E-state index in [-0.39, 0.29) is 0 Å². The topological polar surface area (TPSA) is 84.6 Å². The number of aromatic nitrogens is 2. The molecule has 1 aliphatic rings. The number of halogens is 1. The zero-order valence-electron chi connectivity index (χ0n) is 17.7. The lowest BCUT2D eigenvalue weighted by atomic mass is 10.2. The fourth-order valence-electron chi connectivity index (χ4n) is 3.23. The fraction of sp³-hybridized carbons (Fsp3) is 0.261. The molecule has 1 fully saturated rings. The highest BCUT2D eigenvalue weighted by molar-refractivity contribution is 14.1. The average Bonchev–Trinajstić information content (AvgIpc) is 2.80. The Morgan fingerprint density at radius 1 is 1.09 bits per heavy atom. The van der Waals surface area contributed by atoms with Gasteiger partial charge >= 0.3 is 0 Å². The van der Waals surface area contributed by atoms with Gasteiger partial charge in [0.1, 0.15) is 6.61 Å². The van der Waals surface area contributed by atoms with Gasteiger partial charge in [-0.2, -0.15) is 4.98 Å². The predicted molar refractivity (Wildman–Crippen MR) is 134 cm³/mol. The molecule has 2 N–H and O–H groups in total. The molecule has 9 heteroatoms. The van der Waals surface area contributed by atoms with Crippen LogP contribution in [0.5, 0.6) is 5.88 Å². The Morgan fingerprint density at radius 2 is 1.78 bits per heavy atom. The molecule has 2 aromatic carbocycles. The van der Waals surface area contributed by atoms with Crippen LogP contribution >= 0.6 is 34.4 Å². The summed E-state index contributed by atoms with van der Waals surface area (Å²) in [5.41, 5.74) is 6.90. The van der Waals surface area contributed by atoms with Crippen molar-refractivity contribution in [1.29, 1.82) is 0 Å². The molecule has 4 rings (SSSR count). The third-order valence-corrected chi connectivity index (χ3v) is 6.88. The molecule has 0 aliphatic carbocycles. The number of ether oxygens (including phenoxy) is 1. The molecule has 0 atom stereocenters. The molecule has 2 heterocycles. The van der Waals surface area contributed by atoms with Gasteiger partial charge in [-0.3, -0.25) is 4.79 Å². The van der Waals surface area contributed by atoms with Gasteiger partial charge < -0.3 is 20.3 Å². The van der Waals surface area contributed by atoms with Crippen LogP contribution in [-0.4, -0.2) is 54.0 Å². The van der Waals surface area contributed by atoms with Crippen LogP contribution in [0.4, 0.5) is 5.95 Å². The Morgan fingerprint density at radius 3 is 2.44 bits per heavy atom. The molecular formula is C23H24IN5O2S. The van der Waals surface area contributed by atoms with Crippen molar-refractivity contribution in [3.8, 4) is 5.88 Å². The normalized spacial score (nSPS) is 14.4. The molecule has 32 heavy (non-hydrogen) atoms. The van der Waals surface area contributed by atoms with Crippen LogP contribution in [0.25, 0.3) is 0 Å². The number of carbonyl (C=O) groups is 1. The van der Waals surface area contributed by atoms with E-state index in [0.717, 1.165) is 41.5 Å². The van der Waals surface area contributed by atoms with E-state index in [0.29, 0.717) is 24.0 Å². The van der Waals surface area contributed by atoms with Crippen LogP contribution in [-0.2, 0) is 6.61 Å². The summed E-state index contributed by atoms with van der Waals surface area (Å²) in [5, 5.41) is 0. The van der Waals surface area contributed by atoms with Gasteiger partial charge in [-0.05, 0) is 71.6 Å². The zero-order chi connectivity index (χ0) is 22.5. The number of amides is 1. The summed E-state index contributed by atoms with van der Waals surface area (Å²) in [6, 6.07) is 15.4. The number of carbonyl (C=O) groups excluding carboxylic acids is 1. The van der Waals surface area contributed by atoms with Crippen LogP contribution in [0.15, 0.2) is 64.5 Å². The van der Waals surface area contributed by atoms with E-state index >= 15 is 0 Å². The Labute approximate surface area is 205 Å². The Bertz CT molecular complexity index is 1070. The summed E-state index contributed by atoms with van der Waals surface area (Å²) < 4.78 is 7.35. The molecule has 0 spiro atoms. The van der Waals surface area contributed by atoms with Crippen molar-refractivity contribution in [2.75, 3.05) is 38.1 Å². The monoisotopic (exact) mass is 561 g/mol. The van der Waals surface area contributed by atoms with E-state index in [2.05, 4.69) is 68.7 Å². The van der Waals surface area contributed by atoms with Crippen LogP contribution < -0.4 is 15.4 Å². The molecule has 0 bridgehead atoms. The molecule has 1 aromatic heterocycles. The first-order chi connectivity index (χ1) is 15.5. The molecule has 1 saturated heterocycles. The van der Waals surface area contributed by atoms with E-state index in [4.69, 9.17) is 15.5 Å². The summed E-state index contributed by atoms with van der Waals surface area (Å²) in [6.07, 6.45) is 1.82. The van der Waals surface area contributed by atoms with Gasteiger partial charge in [0.15, 0.2) is 0 Å². The number of anilines is 1. The van der Waals surface area contributed by atoms with E-state index in [1.54, 1.807) is 12.1 Å². The minimum absolute atomic E-state index is 0.421. The van der Waals surface area contributed by atoms with Crippen molar-refractivity contribution in [2.24, 2.45) is 5.73 Å². The lowest BCUT2D eigenvalue weighted by molar-refractivity contribution is 0.1000. The SMILES string of the molecule is CN1CCN(c2ncc(Sc3ccc(C(N)=O)cc3)c(OCc3ccc(I)cc3)n2)CC1. The molecule has 1 aliphatic heterocycles. The molecule has 166 valence electrons. The highest BCUT2D eigenvalue weighted by Crippen LogP contribution is 2.35. The number of primary amides is 1. The van der Waals surface area contributed by atoms with Gasteiger partial charge in [-0.1, -0.05) is 23.9 Å². The van der Waals surface area contributed by atoms with Gasteiger partial charge in [-0.15, -0.1) is 0 Å². The first-order valence-corrected chi connectivity index (χ1v) is 12.1. The summed E-state index contributed by atoms with van der Waals surface area (Å²) in [4.78, 5) is 27.0. The number of rotatable bonds is 7. The molecular weight excluding hydrogens is 537 g/mol. The molecule has 1 amide bonds. The number of nitrogens with zero attached hydrogens (tertiary/aromatic N) is 4. The first-order valence-electron chi connectivity index (χ1n) is 10.2. The smallest absolute Gasteiger partial charge is 0.248 e. The summed E-state index contributed by atoms with van der Waals surface area (Å²) >= 11 is 3.79. The highest BCUT2D eigenvalue weighted by atomic mass is 127. The van der Waals surface area contributed by atoms with Gasteiger partial charge in [0.25, 0.3) is 0 Å². The maximum atomic E-state index is 11.3. The standard InChI is InChI=1S/C23H24IN5O2S/c1-28-10-12-29(13-11-28)23-26-14-20(32-19-8-4-17(5-9-19)21(25)30)22(27-23)31-15-16-2-6-18(24)7-3-16/h2-9,14H,10-13,15H2,1H3,(H2,25,30). The number of nitrogens with two attached hydrogens (primary N) is 1. The molecule has 0 saturated carbocycles. The van der Waals surface area contributed by atoms with E-state index < -0.39 is 5.91 Å². The van der Waals surface area contributed by atoms with Gasteiger partial charge in [0.05, 0.1) is 11.1 Å². The van der Waals surface area contributed by atoms with Crippen LogP contribution in [0.3, 0.4) is 0 Å². The second-order valence-electron chi connectivity index (χ2n) is 7.54. The maximum Gasteiger partial charge on any atom is 0.248 e. The fourth-order valence-corrected chi connectivity index (χ4v) is 4.41. The van der Waals surface area contributed by atoms with Gasteiger partial charge in [0, 0.05) is 40.2 Å². The third-order valence-electron chi connectivity index (χ3n) is 5.15. The molecule has 0 unspecified atom stereocenters. The lowest BCUT2D eigenvalue weighted by Gasteiger charge is -2.32. The highest BCUT2D eigenvalue weighted by Gasteiger charge is 2.19. The third kappa shape index (κ3) is 5.90. The molecule has 0 radical (unpaired) electrons. The maximum absolute atomic E-state index is 11.3. The van der Waals surface area contributed by atoms with Crippen LogP contribution in [0.2, 0.25) is 0 Å². The number of piperazine rings is 1.